The Morgan fingerprint density at radius 3 is 2.35 bits per heavy atom. The summed E-state index contributed by atoms with van der Waals surface area (Å²) in [6.45, 7) is 0.480. The maximum Gasteiger partial charge on any atom is 0.272 e. The molecule has 1 aliphatic rings. The Balaban J connectivity index is 2.21. The maximum absolute atomic E-state index is 10.8. The molecule has 0 amide bonds. The van der Waals surface area contributed by atoms with Crippen LogP contribution in [0.5, 0.6) is 0 Å². The van der Waals surface area contributed by atoms with Crippen molar-refractivity contribution in [2.75, 3.05) is 11.9 Å². The minimum absolute atomic E-state index is 0.0916. The van der Waals surface area contributed by atoms with Crippen LogP contribution in [0.25, 0.3) is 0 Å². The number of hydrogen-bond donors (Lipinski definition) is 2. The number of nitro groups is 1. The van der Waals surface area contributed by atoms with E-state index in [0.717, 1.165) is 12.8 Å². The van der Waals surface area contributed by atoms with Crippen molar-refractivity contribution in [3.63, 3.8) is 0 Å². The molecule has 5 nitrogen and oxygen atoms in total. The average Bonchev–Trinajstić information content (AvgIpc) is 2.91. The predicted octanol–water partition coefficient (Wildman–Crippen LogP) is 3.83. The van der Waals surface area contributed by atoms with E-state index in [0.29, 0.717) is 18.2 Å². The predicted molar refractivity (Wildman–Crippen MR) is 81.5 cm³/mol. The van der Waals surface area contributed by atoms with Crippen LogP contribution in [0.2, 0.25) is 10.0 Å². The molecular weight excluding hydrogens is 301 g/mol. The molecule has 0 aromatic heterocycles. The molecule has 110 valence electrons. The third kappa shape index (κ3) is 3.34. The van der Waals surface area contributed by atoms with Crippen molar-refractivity contribution in [3.05, 3.63) is 32.3 Å². The average molecular weight is 318 g/mol. The van der Waals surface area contributed by atoms with Gasteiger partial charge in [-0.1, -0.05) is 36.0 Å². The van der Waals surface area contributed by atoms with E-state index in [1.807, 2.05) is 0 Å². The van der Waals surface area contributed by atoms with E-state index in [1.54, 1.807) is 0 Å². The molecule has 0 aliphatic heterocycles. The molecule has 1 atom stereocenters. The van der Waals surface area contributed by atoms with Gasteiger partial charge in [-0.2, -0.15) is 0 Å². The van der Waals surface area contributed by atoms with Gasteiger partial charge in [0.15, 0.2) is 0 Å². The number of benzene rings is 1. The third-order valence-corrected chi connectivity index (χ3v) is 4.39. The van der Waals surface area contributed by atoms with Gasteiger partial charge in [-0.3, -0.25) is 10.1 Å². The van der Waals surface area contributed by atoms with Crippen LogP contribution >= 0.6 is 23.2 Å². The lowest BCUT2D eigenvalue weighted by Gasteiger charge is -2.25. The first-order valence-corrected chi connectivity index (χ1v) is 7.38. The Morgan fingerprint density at radius 2 is 1.90 bits per heavy atom. The Hall–Kier alpha value is -1.04. The first-order chi connectivity index (χ1) is 9.52. The van der Waals surface area contributed by atoms with Gasteiger partial charge in [-0.15, -0.1) is 0 Å². The molecule has 0 radical (unpaired) electrons. The fourth-order valence-electron chi connectivity index (χ4n) is 2.72. The molecule has 0 heterocycles. The number of nitrogens with zero attached hydrogens (tertiary/aromatic N) is 1. The van der Waals surface area contributed by atoms with Crippen LogP contribution < -0.4 is 11.1 Å². The van der Waals surface area contributed by atoms with E-state index in [2.05, 4.69) is 5.32 Å². The number of nitro benzene ring substituents is 1. The molecule has 3 N–H and O–H groups in total. The summed E-state index contributed by atoms with van der Waals surface area (Å²) in [4.78, 5) is 10.2. The summed E-state index contributed by atoms with van der Waals surface area (Å²) in [5.41, 5.74) is 6.24. The molecule has 0 saturated heterocycles. The zero-order valence-corrected chi connectivity index (χ0v) is 12.5. The summed E-state index contributed by atoms with van der Waals surface area (Å²) in [7, 11) is 0. The molecule has 1 fully saturated rings. The highest BCUT2D eigenvalue weighted by Crippen LogP contribution is 2.37. The molecule has 0 spiro atoms. The minimum atomic E-state index is -0.515. The second-order valence-corrected chi connectivity index (χ2v) is 5.89. The highest BCUT2D eigenvalue weighted by Gasteiger charge is 2.25. The van der Waals surface area contributed by atoms with Crippen molar-refractivity contribution >= 4 is 34.6 Å². The summed E-state index contributed by atoms with van der Waals surface area (Å²) in [6, 6.07) is 2.70. The zero-order valence-electron chi connectivity index (χ0n) is 10.9. The van der Waals surface area contributed by atoms with Crippen LogP contribution in [0.4, 0.5) is 11.4 Å². The molecule has 0 bridgehead atoms. The molecule has 1 aromatic carbocycles. The number of nitrogens with one attached hydrogen (secondary N) is 1. The largest absolute Gasteiger partial charge is 0.378 e. The molecule has 7 heteroatoms. The van der Waals surface area contributed by atoms with Gasteiger partial charge in [0.05, 0.1) is 20.7 Å². The smallest absolute Gasteiger partial charge is 0.272 e. The van der Waals surface area contributed by atoms with Crippen LogP contribution in [-0.4, -0.2) is 17.5 Å². The van der Waals surface area contributed by atoms with Gasteiger partial charge in [0.1, 0.15) is 0 Å². The molecular formula is C13H17Cl2N3O2. The van der Waals surface area contributed by atoms with E-state index in [-0.39, 0.29) is 21.8 Å². The SMILES string of the molecule is NCC(Nc1c(Cl)cc([N+](=O)[O-])cc1Cl)C1CCCC1. The van der Waals surface area contributed by atoms with E-state index >= 15 is 0 Å². The lowest BCUT2D eigenvalue weighted by Crippen LogP contribution is -2.35. The van der Waals surface area contributed by atoms with E-state index < -0.39 is 4.92 Å². The Kier molecular flexibility index (Phi) is 5.07. The monoisotopic (exact) mass is 317 g/mol. The van der Waals surface area contributed by atoms with Crippen LogP contribution in [-0.2, 0) is 0 Å². The van der Waals surface area contributed by atoms with E-state index in [1.165, 1.54) is 25.0 Å². The minimum Gasteiger partial charge on any atom is -0.378 e. The lowest BCUT2D eigenvalue weighted by atomic mass is 9.98. The van der Waals surface area contributed by atoms with Gasteiger partial charge in [0.25, 0.3) is 5.69 Å². The fourth-order valence-corrected chi connectivity index (χ4v) is 3.30. The van der Waals surface area contributed by atoms with Crippen LogP contribution in [0, 0.1) is 16.0 Å². The van der Waals surface area contributed by atoms with Gasteiger partial charge in [0, 0.05) is 24.7 Å². The van der Waals surface area contributed by atoms with Crippen molar-refractivity contribution in [2.24, 2.45) is 11.7 Å². The summed E-state index contributed by atoms with van der Waals surface area (Å²) in [5, 5.41) is 14.5. The number of hydrogen-bond acceptors (Lipinski definition) is 4. The Bertz CT molecular complexity index is 481. The summed E-state index contributed by atoms with van der Waals surface area (Å²) in [6.07, 6.45) is 4.70. The fraction of sp³-hybridized carbons (Fsp3) is 0.538. The first kappa shape index (κ1) is 15.4. The second kappa shape index (κ2) is 6.61. The summed E-state index contributed by atoms with van der Waals surface area (Å²) in [5.74, 6) is 0.502. The normalized spacial score (nSPS) is 17.1. The highest BCUT2D eigenvalue weighted by atomic mass is 35.5. The Morgan fingerprint density at radius 1 is 1.35 bits per heavy atom. The summed E-state index contributed by atoms with van der Waals surface area (Å²) >= 11 is 12.2. The standard InChI is InChI=1S/C13H17Cl2N3O2/c14-10-5-9(18(19)20)6-11(15)13(10)17-12(7-16)8-3-1-2-4-8/h5-6,8,12,17H,1-4,7,16H2. The number of halogens is 2. The van der Waals surface area contributed by atoms with Crippen LogP contribution in [0.15, 0.2) is 12.1 Å². The molecule has 1 saturated carbocycles. The molecule has 1 aromatic rings. The highest BCUT2D eigenvalue weighted by molar-refractivity contribution is 6.39. The molecule has 1 unspecified atom stereocenters. The molecule has 1 aliphatic carbocycles. The Labute approximate surface area is 127 Å². The van der Waals surface area contributed by atoms with Crippen molar-refractivity contribution in [1.29, 1.82) is 0 Å². The quantitative estimate of drug-likeness (QED) is 0.638. The van der Waals surface area contributed by atoms with Gasteiger partial charge < -0.3 is 11.1 Å². The van der Waals surface area contributed by atoms with Crippen molar-refractivity contribution in [1.82, 2.24) is 0 Å². The topological polar surface area (TPSA) is 81.2 Å². The number of nitrogens with two attached hydrogens (primary N) is 1. The van der Waals surface area contributed by atoms with Crippen molar-refractivity contribution in [2.45, 2.75) is 31.7 Å². The van der Waals surface area contributed by atoms with Crippen molar-refractivity contribution in [3.8, 4) is 0 Å². The number of non-ortho nitro benzene ring substituents is 1. The number of anilines is 1. The van der Waals surface area contributed by atoms with E-state index in [4.69, 9.17) is 28.9 Å². The maximum atomic E-state index is 10.8. The molecule has 20 heavy (non-hydrogen) atoms. The number of rotatable bonds is 5. The third-order valence-electron chi connectivity index (χ3n) is 3.79. The van der Waals surface area contributed by atoms with Gasteiger partial charge in [-0.05, 0) is 18.8 Å². The second-order valence-electron chi connectivity index (χ2n) is 5.07. The van der Waals surface area contributed by atoms with Gasteiger partial charge >= 0.3 is 0 Å². The van der Waals surface area contributed by atoms with Crippen LogP contribution in [0.3, 0.4) is 0 Å². The lowest BCUT2D eigenvalue weighted by molar-refractivity contribution is -0.384. The van der Waals surface area contributed by atoms with Gasteiger partial charge in [-0.25, -0.2) is 0 Å². The van der Waals surface area contributed by atoms with Crippen molar-refractivity contribution < 1.29 is 4.92 Å². The molecule has 2 rings (SSSR count). The zero-order chi connectivity index (χ0) is 14.7. The van der Waals surface area contributed by atoms with Gasteiger partial charge in [0.2, 0.25) is 0 Å². The first-order valence-electron chi connectivity index (χ1n) is 6.63. The van der Waals surface area contributed by atoms with Crippen LogP contribution in [0.1, 0.15) is 25.7 Å². The van der Waals surface area contributed by atoms with E-state index in [9.17, 15) is 10.1 Å². The summed E-state index contributed by atoms with van der Waals surface area (Å²) < 4.78 is 0.